The van der Waals surface area contributed by atoms with E-state index in [2.05, 4.69) is 32.7 Å². The van der Waals surface area contributed by atoms with Gasteiger partial charge < -0.3 is 18.8 Å². The number of carbonyl (C=O) groups is 1. The van der Waals surface area contributed by atoms with Crippen molar-refractivity contribution < 1.29 is 19.0 Å². The second-order valence-electron chi connectivity index (χ2n) is 6.80. The summed E-state index contributed by atoms with van der Waals surface area (Å²) in [5, 5.41) is 0. The first-order valence-electron chi connectivity index (χ1n) is 9.00. The van der Waals surface area contributed by atoms with E-state index >= 15 is 0 Å². The number of imidazole rings is 1. The molecule has 8 heteroatoms. The SMILES string of the molecule is COC(=O)c1cn2c(n1)-c1cc(Br)ccc1OC(CN1CCOCC1)C2C. The van der Waals surface area contributed by atoms with Gasteiger partial charge in [0.25, 0.3) is 0 Å². The van der Waals surface area contributed by atoms with Crippen molar-refractivity contribution in [3.63, 3.8) is 0 Å². The Bertz CT molecular complexity index is 847. The van der Waals surface area contributed by atoms with E-state index in [0.29, 0.717) is 11.5 Å². The maximum Gasteiger partial charge on any atom is 0.358 e. The number of carbonyl (C=O) groups excluding carboxylic acids is 1. The molecule has 0 bridgehead atoms. The standard InChI is InChI=1S/C19H22BrN3O4/c1-12-17(11-22-5-7-26-8-6-22)27-16-4-3-13(20)9-14(16)18-21-15(10-23(12)18)19(24)25-2/h3-4,9-10,12,17H,5-8,11H2,1-2H3. The van der Waals surface area contributed by atoms with Crippen LogP contribution in [0, 0.1) is 0 Å². The average Bonchev–Trinajstić information content (AvgIpc) is 3.10. The third kappa shape index (κ3) is 3.61. The van der Waals surface area contributed by atoms with E-state index in [-0.39, 0.29) is 12.1 Å². The maximum absolute atomic E-state index is 12.0. The minimum Gasteiger partial charge on any atom is -0.486 e. The van der Waals surface area contributed by atoms with Gasteiger partial charge in [-0.2, -0.15) is 0 Å². The van der Waals surface area contributed by atoms with Crippen molar-refractivity contribution >= 4 is 21.9 Å². The summed E-state index contributed by atoms with van der Waals surface area (Å²) in [4.78, 5) is 18.9. The number of hydrogen-bond donors (Lipinski definition) is 0. The van der Waals surface area contributed by atoms with Crippen LogP contribution in [0.25, 0.3) is 11.4 Å². The zero-order valence-corrected chi connectivity index (χ0v) is 16.9. The molecule has 27 heavy (non-hydrogen) atoms. The van der Waals surface area contributed by atoms with Gasteiger partial charge in [0.2, 0.25) is 0 Å². The first-order chi connectivity index (χ1) is 13.1. The number of aromatic nitrogens is 2. The van der Waals surface area contributed by atoms with Crippen molar-refractivity contribution in [2.75, 3.05) is 40.0 Å². The van der Waals surface area contributed by atoms with Crippen LogP contribution in [0.1, 0.15) is 23.5 Å². The molecule has 1 aromatic carbocycles. The summed E-state index contributed by atoms with van der Waals surface area (Å²) >= 11 is 3.52. The summed E-state index contributed by atoms with van der Waals surface area (Å²) in [6, 6.07) is 5.87. The molecule has 3 heterocycles. The number of nitrogens with zero attached hydrogens (tertiary/aromatic N) is 3. The number of morpholine rings is 1. The molecule has 0 aliphatic carbocycles. The molecule has 2 aromatic rings. The van der Waals surface area contributed by atoms with Crippen LogP contribution in [0.4, 0.5) is 0 Å². The maximum atomic E-state index is 12.0. The Morgan fingerprint density at radius 3 is 2.89 bits per heavy atom. The third-order valence-electron chi connectivity index (χ3n) is 5.11. The van der Waals surface area contributed by atoms with Gasteiger partial charge in [-0.25, -0.2) is 9.78 Å². The zero-order valence-electron chi connectivity index (χ0n) is 15.4. The summed E-state index contributed by atoms with van der Waals surface area (Å²) in [7, 11) is 1.37. The highest BCUT2D eigenvalue weighted by Crippen LogP contribution is 2.39. The highest BCUT2D eigenvalue weighted by atomic mass is 79.9. The van der Waals surface area contributed by atoms with Crippen LogP contribution in [0.3, 0.4) is 0 Å². The van der Waals surface area contributed by atoms with Crippen molar-refractivity contribution in [3.8, 4) is 17.1 Å². The predicted molar refractivity (Wildman–Crippen MR) is 103 cm³/mol. The van der Waals surface area contributed by atoms with Crippen LogP contribution in [-0.2, 0) is 9.47 Å². The highest BCUT2D eigenvalue weighted by Gasteiger charge is 2.32. The van der Waals surface area contributed by atoms with E-state index in [0.717, 1.165) is 48.6 Å². The molecule has 0 saturated carbocycles. The molecular weight excluding hydrogens is 414 g/mol. The van der Waals surface area contributed by atoms with Gasteiger partial charge in [-0.3, -0.25) is 4.90 Å². The van der Waals surface area contributed by atoms with E-state index in [1.807, 2.05) is 22.8 Å². The topological polar surface area (TPSA) is 65.8 Å². The fourth-order valence-corrected chi connectivity index (χ4v) is 3.92. The molecular formula is C19H22BrN3O4. The molecule has 0 N–H and O–H groups in total. The first kappa shape index (κ1) is 18.5. The van der Waals surface area contributed by atoms with Crippen LogP contribution >= 0.6 is 15.9 Å². The lowest BCUT2D eigenvalue weighted by atomic mass is 10.1. The first-order valence-corrected chi connectivity index (χ1v) is 9.80. The molecule has 2 aliphatic heterocycles. The molecule has 4 rings (SSSR count). The lowest BCUT2D eigenvalue weighted by molar-refractivity contribution is 0.0119. The normalized spacial score (nSPS) is 22.3. The Morgan fingerprint density at radius 2 is 2.15 bits per heavy atom. The molecule has 2 unspecified atom stereocenters. The molecule has 0 amide bonds. The summed E-state index contributed by atoms with van der Waals surface area (Å²) in [6.07, 6.45) is 1.68. The quantitative estimate of drug-likeness (QED) is 0.690. The summed E-state index contributed by atoms with van der Waals surface area (Å²) < 4.78 is 19.7. The average molecular weight is 436 g/mol. The number of fused-ring (bicyclic) bond motifs is 3. The second-order valence-corrected chi connectivity index (χ2v) is 7.71. The van der Waals surface area contributed by atoms with Crippen LogP contribution in [0.5, 0.6) is 5.75 Å². The number of halogens is 1. The van der Waals surface area contributed by atoms with E-state index in [4.69, 9.17) is 14.2 Å². The molecule has 1 aromatic heterocycles. The Morgan fingerprint density at radius 1 is 1.37 bits per heavy atom. The number of rotatable bonds is 3. The predicted octanol–water partition coefficient (Wildman–Crippen LogP) is 2.75. The largest absolute Gasteiger partial charge is 0.486 e. The Balaban J connectivity index is 1.75. The number of esters is 1. The third-order valence-corrected chi connectivity index (χ3v) is 5.60. The van der Waals surface area contributed by atoms with E-state index in [1.54, 1.807) is 6.20 Å². The van der Waals surface area contributed by atoms with Crippen molar-refractivity contribution in [1.29, 1.82) is 0 Å². The zero-order chi connectivity index (χ0) is 19.0. The highest BCUT2D eigenvalue weighted by molar-refractivity contribution is 9.10. The monoisotopic (exact) mass is 435 g/mol. The van der Waals surface area contributed by atoms with Gasteiger partial charge in [-0.1, -0.05) is 15.9 Å². The molecule has 0 radical (unpaired) electrons. The van der Waals surface area contributed by atoms with Crippen LogP contribution in [0.15, 0.2) is 28.9 Å². The van der Waals surface area contributed by atoms with Gasteiger partial charge in [0.15, 0.2) is 5.69 Å². The molecule has 7 nitrogen and oxygen atoms in total. The van der Waals surface area contributed by atoms with Crippen molar-refractivity contribution in [3.05, 3.63) is 34.6 Å². The van der Waals surface area contributed by atoms with Gasteiger partial charge >= 0.3 is 5.97 Å². The fourth-order valence-electron chi connectivity index (χ4n) is 3.55. The van der Waals surface area contributed by atoms with Gasteiger partial charge in [0, 0.05) is 30.3 Å². The van der Waals surface area contributed by atoms with E-state index in [1.165, 1.54) is 7.11 Å². The van der Waals surface area contributed by atoms with Crippen LogP contribution < -0.4 is 4.74 Å². The van der Waals surface area contributed by atoms with E-state index < -0.39 is 5.97 Å². The van der Waals surface area contributed by atoms with Crippen molar-refractivity contribution in [1.82, 2.24) is 14.5 Å². The fraction of sp³-hybridized carbons (Fsp3) is 0.474. The molecule has 1 saturated heterocycles. The Kier molecular flexibility index (Phi) is 5.21. The number of ether oxygens (including phenoxy) is 3. The summed E-state index contributed by atoms with van der Waals surface area (Å²) in [6.45, 7) is 6.15. The molecule has 2 aliphatic rings. The Hall–Kier alpha value is -1.90. The van der Waals surface area contributed by atoms with Gasteiger partial charge in [0.05, 0.1) is 31.9 Å². The molecule has 0 spiro atoms. The molecule has 2 atom stereocenters. The number of benzene rings is 1. The lowest BCUT2D eigenvalue weighted by Gasteiger charge is -2.32. The second kappa shape index (κ2) is 7.61. The minimum absolute atomic E-state index is 0.0000680. The van der Waals surface area contributed by atoms with Crippen LogP contribution in [0.2, 0.25) is 0 Å². The van der Waals surface area contributed by atoms with Crippen LogP contribution in [-0.4, -0.2) is 66.5 Å². The van der Waals surface area contributed by atoms with E-state index in [9.17, 15) is 4.79 Å². The minimum atomic E-state index is -0.440. The smallest absolute Gasteiger partial charge is 0.358 e. The molecule has 144 valence electrons. The molecule has 1 fully saturated rings. The summed E-state index contributed by atoms with van der Waals surface area (Å²) in [5.74, 6) is 1.04. The van der Waals surface area contributed by atoms with Crippen molar-refractivity contribution in [2.24, 2.45) is 0 Å². The number of hydrogen-bond acceptors (Lipinski definition) is 6. The van der Waals surface area contributed by atoms with Gasteiger partial charge in [-0.05, 0) is 25.1 Å². The van der Waals surface area contributed by atoms with Gasteiger partial charge in [-0.15, -0.1) is 0 Å². The summed E-state index contributed by atoms with van der Waals surface area (Å²) in [5.41, 5.74) is 1.16. The lowest BCUT2D eigenvalue weighted by Crippen LogP contribution is -2.44. The Labute approximate surface area is 166 Å². The van der Waals surface area contributed by atoms with Gasteiger partial charge in [0.1, 0.15) is 17.7 Å². The van der Waals surface area contributed by atoms with Crippen molar-refractivity contribution in [2.45, 2.75) is 19.1 Å². The number of methoxy groups -OCH3 is 1.